The van der Waals surface area contributed by atoms with Crippen molar-refractivity contribution in [1.82, 2.24) is 4.57 Å². The number of hydrogen-bond donors (Lipinski definition) is 0. The minimum absolute atomic E-state index is 1.67. The van der Waals surface area contributed by atoms with Crippen molar-refractivity contribution in [2.45, 2.75) is 29.6 Å². The summed E-state index contributed by atoms with van der Waals surface area (Å²) in [4.78, 5) is 15.0. The summed E-state index contributed by atoms with van der Waals surface area (Å²) in [6.45, 7) is 0. The van der Waals surface area contributed by atoms with E-state index >= 15 is 0 Å². The molecule has 1 aromatic heterocycles. The van der Waals surface area contributed by atoms with Crippen molar-refractivity contribution in [3.63, 3.8) is 0 Å². The summed E-state index contributed by atoms with van der Waals surface area (Å²) in [6, 6.07) is 4.79. The van der Waals surface area contributed by atoms with Gasteiger partial charge in [-0.25, -0.2) is 0 Å². The third-order valence-corrected chi connectivity index (χ3v) is 14.3. The van der Waals surface area contributed by atoms with Gasteiger partial charge in [-0.1, -0.05) is 0 Å². The van der Waals surface area contributed by atoms with E-state index in [-0.39, 0.29) is 0 Å². The maximum absolute atomic E-state index is 2.52. The van der Waals surface area contributed by atoms with Gasteiger partial charge < -0.3 is 0 Å². The second kappa shape index (κ2) is 4.04. The number of hydrogen-bond acceptors (Lipinski definition) is 0. The van der Waals surface area contributed by atoms with Gasteiger partial charge in [0.05, 0.1) is 0 Å². The molecule has 0 atom stereocenters. The minimum atomic E-state index is -1.86. The van der Waals surface area contributed by atoms with Crippen LogP contribution in [0.2, 0.25) is 29.6 Å². The van der Waals surface area contributed by atoms with E-state index in [1.807, 2.05) is 0 Å². The summed E-state index contributed by atoms with van der Waals surface area (Å²) in [7, 11) is 2.27. The Morgan fingerprint density at radius 3 is 1.21 bits per heavy atom. The van der Waals surface area contributed by atoms with Gasteiger partial charge in [0.15, 0.2) is 0 Å². The summed E-state index contributed by atoms with van der Waals surface area (Å²) >= 11 is -3.72. The molecule has 0 unspecified atom stereocenters. The number of aromatic nitrogens is 1. The molecule has 1 nitrogen and oxygen atoms in total. The Morgan fingerprint density at radius 2 is 1.07 bits per heavy atom. The van der Waals surface area contributed by atoms with Crippen LogP contribution in [0.1, 0.15) is 0 Å². The van der Waals surface area contributed by atoms with Gasteiger partial charge in [-0.2, -0.15) is 0 Å². The van der Waals surface area contributed by atoms with Gasteiger partial charge in [-0.15, -0.1) is 0 Å². The molecular weight excluding hydrogens is 384 g/mol. The molecule has 0 aromatic carbocycles. The van der Waals surface area contributed by atoms with Crippen LogP contribution in [0.5, 0.6) is 0 Å². The van der Waals surface area contributed by atoms with Crippen LogP contribution in [-0.4, -0.2) is 41.3 Å². The fourth-order valence-electron chi connectivity index (χ4n) is 2.02. The molecule has 0 saturated carbocycles. The third-order valence-electron chi connectivity index (χ3n) is 2.66. The van der Waals surface area contributed by atoms with Crippen molar-refractivity contribution in [3.8, 4) is 0 Å². The number of rotatable bonds is 2. The van der Waals surface area contributed by atoms with E-state index < -0.39 is 36.8 Å². The van der Waals surface area contributed by atoms with E-state index in [9.17, 15) is 0 Å². The first kappa shape index (κ1) is 12.9. The predicted octanol–water partition coefficient (Wildman–Crippen LogP) is 2.12. The molecule has 0 aliphatic rings. The zero-order valence-corrected chi connectivity index (χ0v) is 16.3. The average molecular weight is 407 g/mol. The van der Waals surface area contributed by atoms with E-state index in [2.05, 4.69) is 53.4 Å². The van der Waals surface area contributed by atoms with Crippen LogP contribution in [-0.2, 0) is 7.05 Å². The van der Waals surface area contributed by atoms with Gasteiger partial charge in [0.25, 0.3) is 0 Å². The monoisotopic (exact) mass is 409 g/mol. The van der Waals surface area contributed by atoms with Crippen molar-refractivity contribution in [2.24, 2.45) is 7.05 Å². The van der Waals surface area contributed by atoms with Gasteiger partial charge in [0, 0.05) is 0 Å². The molecule has 0 N–H and O–H groups in total. The zero-order valence-electron chi connectivity index (χ0n) is 10.6. The second-order valence-corrected chi connectivity index (χ2v) is 34.8. The Labute approximate surface area is 96.6 Å². The fourth-order valence-corrected chi connectivity index (χ4v) is 12.7. The van der Waals surface area contributed by atoms with Crippen LogP contribution in [0.3, 0.4) is 0 Å². The number of nitrogens with zero attached hydrogens (tertiary/aromatic N) is 1. The first-order valence-electron chi connectivity index (χ1n) is 5.31. The maximum atomic E-state index is 2.52. The van der Waals surface area contributed by atoms with Crippen LogP contribution in [0, 0.1) is 0 Å². The molecule has 0 amide bonds. The molecule has 1 aromatic rings. The van der Waals surface area contributed by atoms with Gasteiger partial charge in [-0.05, 0) is 0 Å². The molecule has 0 spiro atoms. The molecule has 80 valence electrons. The molecule has 0 fully saturated rings. The second-order valence-electron chi connectivity index (χ2n) is 6.16. The first-order valence-corrected chi connectivity index (χ1v) is 25.3. The van der Waals surface area contributed by atoms with Crippen LogP contribution in [0.4, 0.5) is 0 Å². The standard InChI is InChI=1S/C5H5N.6CH3.2Sn/c1-6-4-2-3-5-6;;;;;;;;/h2-3H,1H3;6*1H3;;. The van der Waals surface area contributed by atoms with Gasteiger partial charge >= 0.3 is 97.6 Å². The SMILES string of the molecule is Cn1[c]([Sn]([CH3])([CH3])[CH3])cc[c]1[Sn]([CH3])([CH3])[CH3]. The Morgan fingerprint density at radius 1 is 0.786 bits per heavy atom. The summed E-state index contributed by atoms with van der Waals surface area (Å²) in [6.07, 6.45) is 0. The molecule has 0 saturated heterocycles. The van der Waals surface area contributed by atoms with Crippen molar-refractivity contribution in [1.29, 1.82) is 0 Å². The normalized spacial score (nSPS) is 13.4. The summed E-state index contributed by atoms with van der Waals surface area (Å²) in [5.41, 5.74) is 0. The topological polar surface area (TPSA) is 4.93 Å². The van der Waals surface area contributed by atoms with E-state index in [1.54, 1.807) is 7.42 Å². The molecule has 1 rings (SSSR count). The molecule has 3 heteroatoms. The molecule has 0 radical (unpaired) electrons. The molecule has 0 aliphatic carbocycles. The van der Waals surface area contributed by atoms with Crippen molar-refractivity contribution in [2.75, 3.05) is 0 Å². The Kier molecular flexibility index (Phi) is 3.73. The first-order chi connectivity index (χ1) is 6.14. The molecule has 0 bridgehead atoms. The van der Waals surface area contributed by atoms with E-state index in [0.29, 0.717) is 0 Å². The van der Waals surface area contributed by atoms with Crippen LogP contribution >= 0.6 is 0 Å². The van der Waals surface area contributed by atoms with Crippen molar-refractivity contribution >= 4 is 44.2 Å². The summed E-state index contributed by atoms with van der Waals surface area (Å²) < 4.78 is 5.86. The Bertz CT molecular complexity index is 295. The Hall–Kier alpha value is 0.877. The Balaban J connectivity index is 3.23. The predicted molar refractivity (Wildman–Crippen MR) is 71.4 cm³/mol. The van der Waals surface area contributed by atoms with E-state index in [0.717, 1.165) is 0 Å². The van der Waals surface area contributed by atoms with E-state index in [1.165, 1.54) is 0 Å². The van der Waals surface area contributed by atoms with Crippen LogP contribution in [0.15, 0.2) is 12.1 Å². The van der Waals surface area contributed by atoms with Gasteiger partial charge in [-0.3, -0.25) is 0 Å². The molecule has 1 heterocycles. The molecular formula is C11H23NSn2. The zero-order chi connectivity index (χ0) is 11.1. The van der Waals surface area contributed by atoms with E-state index in [4.69, 9.17) is 0 Å². The molecule has 0 aliphatic heterocycles. The van der Waals surface area contributed by atoms with Gasteiger partial charge in [0.2, 0.25) is 0 Å². The molecule has 14 heavy (non-hydrogen) atoms. The van der Waals surface area contributed by atoms with Crippen molar-refractivity contribution in [3.05, 3.63) is 12.1 Å². The average Bonchev–Trinajstić information content (AvgIpc) is 2.26. The summed E-state index contributed by atoms with van der Waals surface area (Å²) in [5.74, 6) is 0. The van der Waals surface area contributed by atoms with Crippen LogP contribution in [0.25, 0.3) is 0 Å². The quantitative estimate of drug-likeness (QED) is 0.663. The summed E-state index contributed by atoms with van der Waals surface area (Å²) in [5, 5.41) is 0. The third kappa shape index (κ3) is 2.71. The van der Waals surface area contributed by atoms with Crippen molar-refractivity contribution < 1.29 is 0 Å². The van der Waals surface area contributed by atoms with Crippen LogP contribution < -0.4 is 7.42 Å². The van der Waals surface area contributed by atoms with Gasteiger partial charge in [0.1, 0.15) is 0 Å². The fraction of sp³-hybridized carbons (Fsp3) is 0.636.